The Kier molecular flexibility index (Phi) is 12.0. The molecule has 0 heterocycles. The summed E-state index contributed by atoms with van der Waals surface area (Å²) in [6.07, 6.45) is 1.12. The van der Waals surface area contributed by atoms with E-state index in [1.54, 1.807) is 0 Å². The van der Waals surface area contributed by atoms with Gasteiger partial charge in [0, 0.05) is 12.2 Å². The van der Waals surface area contributed by atoms with Crippen LogP contribution >= 0.6 is 0 Å². The third-order valence-electron chi connectivity index (χ3n) is 0.368. The molecule has 0 radical (unpaired) electrons. The lowest BCUT2D eigenvalue weighted by Gasteiger charge is -1.74. The summed E-state index contributed by atoms with van der Waals surface area (Å²) in [5.74, 6) is -2.51. The molecule has 60 valence electrons. The first-order valence-corrected chi connectivity index (χ1v) is 1.77. The van der Waals surface area contributed by atoms with E-state index in [9.17, 15) is 9.59 Å². The summed E-state index contributed by atoms with van der Waals surface area (Å²) in [7, 11) is 0. The van der Waals surface area contributed by atoms with Crippen molar-refractivity contribution in [2.45, 2.75) is 0 Å². The van der Waals surface area contributed by atoms with Gasteiger partial charge in [-0.05, 0) is 0 Å². The highest BCUT2D eigenvalue weighted by Gasteiger charge is 1.88. The summed E-state index contributed by atoms with van der Waals surface area (Å²) >= 11 is 0. The maximum Gasteiger partial charge on any atom is 0.328 e. The van der Waals surface area contributed by atoms with Gasteiger partial charge < -0.3 is 22.5 Å². The molecule has 0 saturated heterocycles. The van der Waals surface area contributed by atoms with Crippen LogP contribution in [0.15, 0.2) is 12.2 Å². The smallest absolute Gasteiger partial charge is 0.328 e. The normalized spacial score (nSPS) is 7.60. The maximum atomic E-state index is 9.55. The standard InChI is InChI=1S/C4H4O4.2H3N/c5-3(6)1-2-4(7)8;;/h1-2H,(H,5,6)(H,7,8);2*1H3/b2-1-;;. The molecule has 0 spiro atoms. The molecule has 6 nitrogen and oxygen atoms in total. The van der Waals surface area contributed by atoms with Gasteiger partial charge in [0.1, 0.15) is 0 Å². The fraction of sp³-hybridized carbons (Fsp3) is 0. The largest absolute Gasteiger partial charge is 0.478 e. The Labute approximate surface area is 57.3 Å². The van der Waals surface area contributed by atoms with Crippen molar-refractivity contribution in [1.29, 1.82) is 0 Å². The van der Waals surface area contributed by atoms with E-state index in [1.807, 2.05) is 0 Å². The first-order chi connectivity index (χ1) is 3.63. The number of carboxylic acid groups (broad SMARTS) is 2. The van der Waals surface area contributed by atoms with Crippen LogP contribution < -0.4 is 12.3 Å². The first-order valence-electron chi connectivity index (χ1n) is 1.77. The van der Waals surface area contributed by atoms with Crippen molar-refractivity contribution in [2.24, 2.45) is 0 Å². The molecule has 6 heteroatoms. The van der Waals surface area contributed by atoms with Gasteiger partial charge in [-0.2, -0.15) is 0 Å². The molecule has 0 aromatic carbocycles. The van der Waals surface area contributed by atoms with Crippen LogP contribution in [0.25, 0.3) is 0 Å². The third-order valence-corrected chi connectivity index (χ3v) is 0.368. The van der Waals surface area contributed by atoms with Crippen LogP contribution in [-0.4, -0.2) is 22.2 Å². The Morgan fingerprint density at radius 2 is 1.10 bits per heavy atom. The van der Waals surface area contributed by atoms with Crippen molar-refractivity contribution in [2.75, 3.05) is 0 Å². The van der Waals surface area contributed by atoms with E-state index in [0.29, 0.717) is 12.2 Å². The van der Waals surface area contributed by atoms with E-state index >= 15 is 0 Å². The molecule has 10 heavy (non-hydrogen) atoms. The second-order valence-corrected chi connectivity index (χ2v) is 1.01. The lowest BCUT2D eigenvalue weighted by atomic mass is 10.5. The van der Waals surface area contributed by atoms with Crippen molar-refractivity contribution in [3.8, 4) is 0 Å². The molecule has 8 N–H and O–H groups in total. The molecule has 0 fully saturated rings. The number of carboxylic acids is 2. The van der Waals surface area contributed by atoms with Crippen molar-refractivity contribution in [3.63, 3.8) is 0 Å². The average molecular weight is 150 g/mol. The molecular weight excluding hydrogens is 140 g/mol. The highest BCUT2D eigenvalue weighted by atomic mass is 16.4. The predicted octanol–water partition coefficient (Wildman–Crippen LogP) is 0.0358. The summed E-state index contributed by atoms with van der Waals surface area (Å²) in [5, 5.41) is 15.6. The Hall–Kier alpha value is -1.40. The number of rotatable bonds is 2. The highest BCUT2D eigenvalue weighted by molar-refractivity contribution is 5.89. The highest BCUT2D eigenvalue weighted by Crippen LogP contribution is 1.70. The van der Waals surface area contributed by atoms with Crippen molar-refractivity contribution in [3.05, 3.63) is 12.2 Å². The van der Waals surface area contributed by atoms with Crippen LogP contribution in [0.1, 0.15) is 0 Å². The van der Waals surface area contributed by atoms with E-state index < -0.39 is 11.9 Å². The number of hydrogen-bond donors (Lipinski definition) is 4. The molecule has 0 amide bonds. The van der Waals surface area contributed by atoms with E-state index in [0.717, 1.165) is 0 Å². The van der Waals surface area contributed by atoms with Crippen LogP contribution in [0.3, 0.4) is 0 Å². The second kappa shape index (κ2) is 7.60. The van der Waals surface area contributed by atoms with Crippen LogP contribution in [0, 0.1) is 0 Å². The topological polar surface area (TPSA) is 145 Å². The van der Waals surface area contributed by atoms with Crippen molar-refractivity contribution >= 4 is 11.9 Å². The number of hydrogen-bond acceptors (Lipinski definition) is 4. The Balaban J connectivity index is -0.000000245. The zero-order valence-electron chi connectivity index (χ0n) is 5.28. The predicted molar refractivity (Wildman–Crippen MR) is 34.5 cm³/mol. The van der Waals surface area contributed by atoms with Gasteiger partial charge in [-0.3, -0.25) is 0 Å². The second-order valence-electron chi connectivity index (χ2n) is 1.01. The maximum absolute atomic E-state index is 9.55. The fourth-order valence-electron chi connectivity index (χ4n) is 0.143. The zero-order valence-corrected chi connectivity index (χ0v) is 5.28. The van der Waals surface area contributed by atoms with Crippen LogP contribution in [0.2, 0.25) is 0 Å². The quantitative estimate of drug-likeness (QED) is 0.409. The van der Waals surface area contributed by atoms with Gasteiger partial charge in [-0.15, -0.1) is 0 Å². The molecule has 0 atom stereocenters. The summed E-state index contributed by atoms with van der Waals surface area (Å²) in [6.45, 7) is 0. The van der Waals surface area contributed by atoms with Crippen LogP contribution in [0.5, 0.6) is 0 Å². The van der Waals surface area contributed by atoms with Crippen LogP contribution in [-0.2, 0) is 9.59 Å². The summed E-state index contributed by atoms with van der Waals surface area (Å²) < 4.78 is 0. The van der Waals surface area contributed by atoms with Gasteiger partial charge in [0.2, 0.25) is 0 Å². The lowest BCUT2D eigenvalue weighted by Crippen LogP contribution is -1.91. The van der Waals surface area contributed by atoms with Crippen molar-refractivity contribution in [1.82, 2.24) is 12.3 Å². The van der Waals surface area contributed by atoms with Gasteiger partial charge in [0.05, 0.1) is 0 Å². The third kappa shape index (κ3) is 16.0. The molecule has 0 bridgehead atoms. The molecule has 0 aromatic rings. The molecule has 0 aliphatic heterocycles. The van der Waals surface area contributed by atoms with Gasteiger partial charge in [0.15, 0.2) is 0 Å². The Morgan fingerprint density at radius 3 is 1.20 bits per heavy atom. The summed E-state index contributed by atoms with van der Waals surface area (Å²) in [4.78, 5) is 19.1. The fourth-order valence-corrected chi connectivity index (χ4v) is 0.143. The Morgan fingerprint density at radius 1 is 0.900 bits per heavy atom. The minimum atomic E-state index is -1.26. The molecule has 0 aliphatic carbocycles. The van der Waals surface area contributed by atoms with E-state index in [-0.39, 0.29) is 12.3 Å². The minimum Gasteiger partial charge on any atom is -0.478 e. The molecule has 0 rings (SSSR count). The van der Waals surface area contributed by atoms with E-state index in [2.05, 4.69) is 0 Å². The summed E-state index contributed by atoms with van der Waals surface area (Å²) in [6, 6.07) is 0. The SMILES string of the molecule is N.N.O=C(O)/C=C\C(=O)O. The lowest BCUT2D eigenvalue weighted by molar-refractivity contribution is -0.134. The van der Waals surface area contributed by atoms with E-state index in [1.165, 1.54) is 0 Å². The zero-order chi connectivity index (χ0) is 6.57. The molecule has 0 aromatic heterocycles. The van der Waals surface area contributed by atoms with Gasteiger partial charge >= 0.3 is 11.9 Å². The van der Waals surface area contributed by atoms with Crippen molar-refractivity contribution < 1.29 is 19.8 Å². The van der Waals surface area contributed by atoms with Crippen LogP contribution in [0.4, 0.5) is 0 Å². The molecular formula is C4H10N2O4. The number of aliphatic carboxylic acids is 2. The van der Waals surface area contributed by atoms with Gasteiger partial charge in [0.25, 0.3) is 0 Å². The molecule has 0 aliphatic rings. The number of carbonyl (C=O) groups is 2. The van der Waals surface area contributed by atoms with Gasteiger partial charge in [-0.25, -0.2) is 9.59 Å². The average Bonchev–Trinajstić information content (AvgIpc) is 1.61. The Bertz CT molecular complexity index is 126. The van der Waals surface area contributed by atoms with Gasteiger partial charge in [-0.1, -0.05) is 0 Å². The molecule has 0 unspecified atom stereocenters. The minimum absolute atomic E-state index is 0. The monoisotopic (exact) mass is 150 g/mol. The van der Waals surface area contributed by atoms with E-state index in [4.69, 9.17) is 10.2 Å². The summed E-state index contributed by atoms with van der Waals surface area (Å²) in [5.41, 5.74) is 0. The molecule has 0 saturated carbocycles. The first kappa shape index (κ1) is 15.8.